The zero-order chi connectivity index (χ0) is 9.68. The first-order valence-corrected chi connectivity index (χ1v) is 6.43. The molecule has 0 heterocycles. The second-order valence-corrected chi connectivity index (χ2v) is 6.55. The molecule has 0 spiro atoms. The van der Waals surface area contributed by atoms with E-state index in [2.05, 4.69) is 12.1 Å². The Bertz CT molecular complexity index is 314. The van der Waals surface area contributed by atoms with Gasteiger partial charge in [0, 0.05) is 0 Å². The summed E-state index contributed by atoms with van der Waals surface area (Å²) < 4.78 is 2.62. The van der Waals surface area contributed by atoms with Crippen molar-refractivity contribution in [1.82, 2.24) is 0 Å². The Labute approximate surface area is 88.9 Å². The fraction of sp³-hybridized carbons (Fsp3) is 0.182. The van der Waals surface area contributed by atoms with Crippen LogP contribution in [0.15, 0.2) is 40.0 Å². The summed E-state index contributed by atoms with van der Waals surface area (Å²) in [6.07, 6.45) is 1.75. The summed E-state index contributed by atoms with van der Waals surface area (Å²) >= 11 is -0.309. The molecule has 0 saturated heterocycles. The molecule has 0 aliphatic carbocycles. The number of carbonyl (C=O) groups excluding carboxylic acids is 1. The molecule has 0 aliphatic rings. The third-order valence-electron chi connectivity index (χ3n) is 1.43. The van der Waals surface area contributed by atoms with Gasteiger partial charge in [0.05, 0.1) is 0 Å². The Hall–Kier alpha value is -0.580. The minimum absolute atomic E-state index is 0.151. The van der Waals surface area contributed by atoms with Crippen LogP contribution in [0.1, 0.15) is 13.8 Å². The van der Waals surface area contributed by atoms with E-state index in [9.17, 15) is 4.79 Å². The van der Waals surface area contributed by atoms with Gasteiger partial charge in [-0.15, -0.1) is 0 Å². The maximum absolute atomic E-state index is 10.8. The molecule has 13 heavy (non-hydrogen) atoms. The molecule has 0 fully saturated rings. The van der Waals surface area contributed by atoms with Gasteiger partial charge in [-0.3, -0.25) is 0 Å². The topological polar surface area (TPSA) is 17.1 Å². The monoisotopic (exact) mass is 290 g/mol. The van der Waals surface area contributed by atoms with Crippen molar-refractivity contribution in [3.05, 3.63) is 40.0 Å². The summed E-state index contributed by atoms with van der Waals surface area (Å²) in [5.41, 5.74) is 0. The molecule has 0 unspecified atom stereocenters. The van der Waals surface area contributed by atoms with Crippen molar-refractivity contribution < 1.29 is 4.79 Å². The van der Waals surface area contributed by atoms with Crippen molar-refractivity contribution in [1.29, 1.82) is 0 Å². The van der Waals surface area contributed by atoms with E-state index in [-0.39, 0.29) is 26.7 Å². The fourth-order valence-electron chi connectivity index (χ4n) is 0.990. The van der Waals surface area contributed by atoms with Gasteiger partial charge in [0.1, 0.15) is 0 Å². The number of ketones is 1. The Kier molecular flexibility index (Phi) is 4.21. The zero-order valence-electron chi connectivity index (χ0n) is 7.78. The van der Waals surface area contributed by atoms with Gasteiger partial charge in [-0.1, -0.05) is 0 Å². The Morgan fingerprint density at radius 2 is 1.85 bits per heavy atom. The molecular weight excluding hydrogens is 276 g/mol. The van der Waals surface area contributed by atoms with Gasteiger partial charge in [0.25, 0.3) is 0 Å². The van der Waals surface area contributed by atoms with Crippen molar-refractivity contribution in [2.75, 3.05) is 0 Å². The van der Waals surface area contributed by atoms with Gasteiger partial charge in [-0.2, -0.15) is 0 Å². The second kappa shape index (κ2) is 5.21. The summed E-state index contributed by atoms with van der Waals surface area (Å²) in [6.45, 7) is 3.64. The molecule has 0 aliphatic heterocycles. The third kappa shape index (κ3) is 4.26. The summed E-state index contributed by atoms with van der Waals surface area (Å²) in [5, 5.41) is 0. The van der Waals surface area contributed by atoms with Crippen molar-refractivity contribution >= 4 is 30.3 Å². The van der Waals surface area contributed by atoms with E-state index in [1.165, 1.54) is 7.23 Å². The van der Waals surface area contributed by atoms with Gasteiger partial charge in [0.15, 0.2) is 0 Å². The molecule has 0 aromatic heterocycles. The second-order valence-electron chi connectivity index (χ2n) is 2.78. The average Bonchev–Trinajstić information content (AvgIpc) is 2.04. The molecule has 0 bridgehead atoms. The van der Waals surface area contributed by atoms with Gasteiger partial charge in [-0.25, -0.2) is 0 Å². The summed E-state index contributed by atoms with van der Waals surface area (Å²) in [5.74, 6) is 0.151. The van der Waals surface area contributed by atoms with Gasteiger partial charge in [-0.05, 0) is 0 Å². The van der Waals surface area contributed by atoms with E-state index in [0.717, 1.165) is 0 Å². The summed E-state index contributed by atoms with van der Waals surface area (Å²) in [4.78, 5) is 10.8. The molecule has 0 amide bonds. The first-order chi connectivity index (χ1) is 6.18. The molecule has 68 valence electrons. The number of hydrogen-bond donors (Lipinski definition) is 0. The third-order valence-corrected chi connectivity index (χ3v) is 4.13. The van der Waals surface area contributed by atoms with Crippen LogP contribution in [0.5, 0.6) is 0 Å². The fourth-order valence-corrected chi connectivity index (χ4v) is 3.53. The minimum atomic E-state index is -0.309. The van der Waals surface area contributed by atoms with Gasteiger partial charge in [0.2, 0.25) is 0 Å². The molecule has 0 atom stereocenters. The molecule has 0 saturated carbocycles. The first-order valence-electron chi connectivity index (χ1n) is 4.10. The predicted octanol–water partition coefficient (Wildman–Crippen LogP) is 1.51. The molecule has 0 N–H and O–H groups in total. The maximum atomic E-state index is 10.8. The molecule has 1 nitrogen and oxygen atoms in total. The van der Waals surface area contributed by atoms with Crippen molar-refractivity contribution in [3.63, 3.8) is 0 Å². The Balaban J connectivity index is 2.65. The molecule has 1 aromatic rings. The van der Waals surface area contributed by atoms with E-state index < -0.39 is 0 Å². The molecule has 1 aromatic carbocycles. The summed E-state index contributed by atoms with van der Waals surface area (Å²) in [7, 11) is 0. The SMILES string of the molecule is CC(=O)/C=C(\C)[Te]c1ccccc1. The number of carbonyl (C=O) groups is 1. The van der Waals surface area contributed by atoms with Crippen LogP contribution in [0.25, 0.3) is 0 Å². The molecule has 1 rings (SSSR count). The van der Waals surface area contributed by atoms with Crippen LogP contribution in [-0.2, 0) is 4.79 Å². The summed E-state index contributed by atoms with van der Waals surface area (Å²) in [6, 6.07) is 10.3. The quantitative estimate of drug-likeness (QED) is 0.608. The number of allylic oxidation sites excluding steroid dienone is 2. The number of hydrogen-bond acceptors (Lipinski definition) is 1. The van der Waals surface area contributed by atoms with E-state index >= 15 is 0 Å². The average molecular weight is 288 g/mol. The predicted molar refractivity (Wildman–Crippen MR) is 56.3 cm³/mol. The first kappa shape index (κ1) is 10.5. The van der Waals surface area contributed by atoms with Crippen LogP contribution in [0.3, 0.4) is 0 Å². The van der Waals surface area contributed by atoms with Crippen LogP contribution in [0.2, 0.25) is 0 Å². The van der Waals surface area contributed by atoms with Crippen molar-refractivity contribution in [2.45, 2.75) is 13.8 Å². The van der Waals surface area contributed by atoms with E-state index in [1.54, 1.807) is 13.0 Å². The zero-order valence-corrected chi connectivity index (χ0v) is 10.1. The van der Waals surface area contributed by atoms with E-state index in [0.29, 0.717) is 0 Å². The van der Waals surface area contributed by atoms with Crippen molar-refractivity contribution in [2.24, 2.45) is 0 Å². The molecule has 2 heteroatoms. The molecular formula is C11H12OTe. The molecule has 0 radical (unpaired) electrons. The van der Waals surface area contributed by atoms with Crippen LogP contribution in [-0.4, -0.2) is 26.7 Å². The van der Waals surface area contributed by atoms with Crippen LogP contribution in [0, 0.1) is 0 Å². The van der Waals surface area contributed by atoms with Crippen LogP contribution >= 0.6 is 0 Å². The Morgan fingerprint density at radius 3 is 2.38 bits per heavy atom. The number of benzene rings is 1. The van der Waals surface area contributed by atoms with Crippen molar-refractivity contribution in [3.8, 4) is 0 Å². The van der Waals surface area contributed by atoms with Crippen LogP contribution in [0.4, 0.5) is 0 Å². The standard InChI is InChI=1S/C11H12OTe/c1-9(12)8-10(2)13-11-6-4-3-5-7-11/h3-8H,1-2H3/b10-8+. The van der Waals surface area contributed by atoms with Gasteiger partial charge < -0.3 is 0 Å². The number of rotatable bonds is 3. The normalized spacial score (nSPS) is 11.4. The van der Waals surface area contributed by atoms with E-state index in [4.69, 9.17) is 0 Å². The Morgan fingerprint density at radius 1 is 1.23 bits per heavy atom. The van der Waals surface area contributed by atoms with Gasteiger partial charge >= 0.3 is 89.0 Å². The van der Waals surface area contributed by atoms with Crippen LogP contribution < -0.4 is 3.61 Å². The van der Waals surface area contributed by atoms with E-state index in [1.807, 2.05) is 25.1 Å².